The lowest BCUT2D eigenvalue weighted by molar-refractivity contribution is -0.116. The highest BCUT2D eigenvalue weighted by Gasteiger charge is 2.05. The minimum atomic E-state index is -0.172. The molecule has 1 heterocycles. The zero-order chi connectivity index (χ0) is 17.4. The number of carbonyl (C=O) groups is 1. The number of methoxy groups -OCH3 is 1. The fraction of sp³-hybridized carbons (Fsp3) is 0.263. The van der Waals surface area contributed by atoms with Crippen LogP contribution in [0.2, 0.25) is 0 Å². The van der Waals surface area contributed by atoms with Crippen LogP contribution in [0.5, 0.6) is 11.5 Å². The van der Waals surface area contributed by atoms with Crippen LogP contribution in [0, 0.1) is 6.92 Å². The fourth-order valence-corrected chi connectivity index (χ4v) is 2.17. The molecule has 126 valence electrons. The van der Waals surface area contributed by atoms with Gasteiger partial charge in [-0.2, -0.15) is 0 Å². The Bertz CT molecular complexity index is 726. The van der Waals surface area contributed by atoms with Crippen LogP contribution in [-0.2, 0) is 11.3 Å². The van der Waals surface area contributed by atoms with Crippen molar-refractivity contribution < 1.29 is 14.3 Å². The van der Waals surface area contributed by atoms with Gasteiger partial charge in [-0.25, -0.2) is 0 Å². The first-order valence-corrected chi connectivity index (χ1v) is 7.81. The number of amides is 1. The minimum absolute atomic E-state index is 0.172. The summed E-state index contributed by atoms with van der Waals surface area (Å²) in [7, 11) is 1.60. The first kappa shape index (κ1) is 17.5. The first-order chi connectivity index (χ1) is 11.6. The normalized spacial score (nSPS) is 10.6. The quantitative estimate of drug-likeness (QED) is 0.794. The van der Waals surface area contributed by atoms with Crippen LogP contribution >= 0.6 is 0 Å². The van der Waals surface area contributed by atoms with Crippen molar-refractivity contribution in [1.29, 1.82) is 0 Å². The van der Waals surface area contributed by atoms with Crippen LogP contribution in [0.1, 0.15) is 23.7 Å². The van der Waals surface area contributed by atoms with E-state index in [1.165, 1.54) is 6.08 Å². The third-order valence-corrected chi connectivity index (χ3v) is 3.46. The van der Waals surface area contributed by atoms with E-state index in [0.29, 0.717) is 24.7 Å². The highest BCUT2D eigenvalue weighted by Crippen LogP contribution is 2.28. The maximum atomic E-state index is 12.0. The topological polar surface area (TPSA) is 60.5 Å². The van der Waals surface area contributed by atoms with Gasteiger partial charge in [-0.1, -0.05) is 12.1 Å². The molecule has 0 spiro atoms. The Morgan fingerprint density at radius 1 is 1.29 bits per heavy atom. The van der Waals surface area contributed by atoms with Crippen LogP contribution in [0.4, 0.5) is 0 Å². The van der Waals surface area contributed by atoms with Crippen molar-refractivity contribution in [2.45, 2.75) is 20.4 Å². The molecule has 0 aliphatic rings. The van der Waals surface area contributed by atoms with E-state index >= 15 is 0 Å². The third-order valence-electron chi connectivity index (χ3n) is 3.46. The second-order valence-electron chi connectivity index (χ2n) is 5.16. The second-order valence-corrected chi connectivity index (χ2v) is 5.16. The lowest BCUT2D eigenvalue weighted by Crippen LogP contribution is -2.21. The summed E-state index contributed by atoms with van der Waals surface area (Å²) < 4.78 is 10.8. The highest BCUT2D eigenvalue weighted by molar-refractivity contribution is 5.91. The number of aryl methyl sites for hydroxylation is 1. The summed E-state index contributed by atoms with van der Waals surface area (Å²) in [4.78, 5) is 16.2. The maximum Gasteiger partial charge on any atom is 0.244 e. The number of nitrogens with one attached hydrogen (secondary N) is 1. The van der Waals surface area contributed by atoms with Crippen molar-refractivity contribution >= 4 is 12.0 Å². The Labute approximate surface area is 142 Å². The number of ether oxygens (including phenoxy) is 2. The van der Waals surface area contributed by atoms with Gasteiger partial charge in [0, 0.05) is 12.3 Å². The van der Waals surface area contributed by atoms with E-state index in [1.807, 2.05) is 44.2 Å². The number of rotatable bonds is 7. The Kier molecular flexibility index (Phi) is 6.37. The Morgan fingerprint density at radius 2 is 2.12 bits per heavy atom. The lowest BCUT2D eigenvalue weighted by Gasteiger charge is -2.09. The fourth-order valence-electron chi connectivity index (χ4n) is 2.17. The molecule has 2 aromatic rings. The predicted octanol–water partition coefficient (Wildman–Crippen LogP) is 3.13. The molecule has 1 N–H and O–H groups in total. The second kappa shape index (κ2) is 8.72. The van der Waals surface area contributed by atoms with E-state index in [-0.39, 0.29) is 5.91 Å². The number of carbonyl (C=O) groups excluding carboxylic acids is 1. The number of nitrogens with zero attached hydrogens (tertiary/aromatic N) is 1. The Balaban J connectivity index is 1.98. The number of benzene rings is 1. The summed E-state index contributed by atoms with van der Waals surface area (Å²) in [5, 5.41) is 2.83. The molecule has 0 atom stereocenters. The smallest absolute Gasteiger partial charge is 0.244 e. The van der Waals surface area contributed by atoms with Crippen molar-refractivity contribution in [2.75, 3.05) is 13.7 Å². The molecule has 0 aliphatic heterocycles. The number of hydrogen-bond acceptors (Lipinski definition) is 4. The summed E-state index contributed by atoms with van der Waals surface area (Å²) in [6.07, 6.45) is 4.95. The zero-order valence-electron chi connectivity index (χ0n) is 14.2. The molecule has 5 nitrogen and oxygen atoms in total. The van der Waals surface area contributed by atoms with Crippen molar-refractivity contribution in [1.82, 2.24) is 10.3 Å². The third kappa shape index (κ3) is 4.84. The molecule has 0 saturated heterocycles. The minimum Gasteiger partial charge on any atom is -0.493 e. The van der Waals surface area contributed by atoms with Crippen LogP contribution in [0.15, 0.2) is 42.6 Å². The monoisotopic (exact) mass is 326 g/mol. The molecule has 0 saturated carbocycles. The molecule has 0 aliphatic carbocycles. The van der Waals surface area contributed by atoms with Gasteiger partial charge in [-0.05, 0) is 49.2 Å². The summed E-state index contributed by atoms with van der Waals surface area (Å²) in [5.74, 6) is 1.16. The average molecular weight is 326 g/mol. The molecule has 2 rings (SSSR count). The molecule has 0 radical (unpaired) electrons. The van der Waals surface area contributed by atoms with Crippen molar-refractivity contribution in [3.63, 3.8) is 0 Å². The predicted molar refractivity (Wildman–Crippen MR) is 94.0 cm³/mol. The molecular weight excluding hydrogens is 304 g/mol. The van der Waals surface area contributed by atoms with Crippen LogP contribution in [-0.4, -0.2) is 24.6 Å². The molecule has 1 amide bonds. The molecule has 0 fully saturated rings. The Morgan fingerprint density at radius 3 is 2.83 bits per heavy atom. The highest BCUT2D eigenvalue weighted by atomic mass is 16.5. The van der Waals surface area contributed by atoms with Gasteiger partial charge < -0.3 is 14.8 Å². The Hall–Kier alpha value is -2.82. The molecule has 5 heteroatoms. The number of aromatic nitrogens is 1. The van der Waals surface area contributed by atoms with E-state index in [0.717, 1.165) is 16.8 Å². The van der Waals surface area contributed by atoms with Gasteiger partial charge in [-0.3, -0.25) is 9.78 Å². The van der Waals surface area contributed by atoms with E-state index < -0.39 is 0 Å². The van der Waals surface area contributed by atoms with Crippen LogP contribution < -0.4 is 14.8 Å². The summed E-state index contributed by atoms with van der Waals surface area (Å²) >= 11 is 0. The van der Waals surface area contributed by atoms with E-state index in [9.17, 15) is 4.79 Å². The van der Waals surface area contributed by atoms with Crippen molar-refractivity contribution in [2.24, 2.45) is 0 Å². The molecule has 1 aromatic heterocycles. The lowest BCUT2D eigenvalue weighted by atomic mass is 10.2. The number of hydrogen-bond donors (Lipinski definition) is 1. The van der Waals surface area contributed by atoms with Gasteiger partial charge in [0.2, 0.25) is 5.91 Å². The van der Waals surface area contributed by atoms with E-state index in [2.05, 4.69) is 10.3 Å². The van der Waals surface area contributed by atoms with E-state index in [1.54, 1.807) is 19.4 Å². The molecule has 24 heavy (non-hydrogen) atoms. The van der Waals surface area contributed by atoms with Gasteiger partial charge in [0.05, 0.1) is 26.0 Å². The van der Waals surface area contributed by atoms with Gasteiger partial charge in [0.1, 0.15) is 0 Å². The van der Waals surface area contributed by atoms with Crippen molar-refractivity contribution in [3.05, 3.63) is 59.4 Å². The summed E-state index contributed by atoms with van der Waals surface area (Å²) in [6, 6.07) is 9.38. The molecule has 0 bridgehead atoms. The van der Waals surface area contributed by atoms with Gasteiger partial charge in [0.25, 0.3) is 0 Å². The summed E-state index contributed by atoms with van der Waals surface area (Å²) in [6.45, 7) is 4.84. The largest absolute Gasteiger partial charge is 0.493 e. The van der Waals surface area contributed by atoms with Crippen LogP contribution in [0.3, 0.4) is 0 Å². The molecule has 1 aromatic carbocycles. The maximum absolute atomic E-state index is 12.0. The van der Waals surface area contributed by atoms with Gasteiger partial charge >= 0.3 is 0 Å². The first-order valence-electron chi connectivity index (χ1n) is 7.81. The SMILES string of the molecule is CCOc1cc(C=CC(=O)NCc2ncccc2C)ccc1OC. The van der Waals surface area contributed by atoms with Gasteiger partial charge in [0.15, 0.2) is 11.5 Å². The summed E-state index contributed by atoms with van der Waals surface area (Å²) in [5.41, 5.74) is 2.78. The van der Waals surface area contributed by atoms with E-state index in [4.69, 9.17) is 9.47 Å². The standard InChI is InChI=1S/C19H22N2O3/c1-4-24-18-12-15(7-9-17(18)23-3)8-10-19(22)21-13-16-14(2)6-5-11-20-16/h5-12H,4,13H2,1-3H3,(H,21,22). The number of pyridine rings is 1. The molecule has 0 unspecified atom stereocenters. The van der Waals surface area contributed by atoms with Gasteiger partial charge in [-0.15, -0.1) is 0 Å². The van der Waals surface area contributed by atoms with Crippen LogP contribution in [0.25, 0.3) is 6.08 Å². The van der Waals surface area contributed by atoms with Crippen molar-refractivity contribution in [3.8, 4) is 11.5 Å². The molecular formula is C19H22N2O3. The average Bonchev–Trinajstić information content (AvgIpc) is 2.60. The zero-order valence-corrected chi connectivity index (χ0v) is 14.2.